The lowest BCUT2D eigenvalue weighted by atomic mass is 9.92. The number of halogens is 2. The summed E-state index contributed by atoms with van der Waals surface area (Å²) in [6.45, 7) is 0. The number of carbonyl (C=O) groups excluding carboxylic acids is 1. The average Bonchev–Trinajstić information content (AvgIpc) is 3.01. The third-order valence-corrected chi connectivity index (χ3v) is 7.60. The van der Waals surface area contributed by atoms with Crippen molar-refractivity contribution >= 4 is 55.0 Å². The highest BCUT2D eigenvalue weighted by molar-refractivity contribution is 9.10. The molecule has 0 bridgehead atoms. The van der Waals surface area contributed by atoms with Gasteiger partial charge in [-0.2, -0.15) is 0 Å². The summed E-state index contributed by atoms with van der Waals surface area (Å²) in [5.41, 5.74) is 6.27. The first kappa shape index (κ1) is 27.6. The normalized spacial score (nSPS) is 11.9. The largest absolute Gasteiger partial charge is 0.373 e. The molecule has 0 spiro atoms. The van der Waals surface area contributed by atoms with E-state index in [4.69, 9.17) is 0 Å². The second-order valence-corrected chi connectivity index (χ2v) is 11.1. The molecular weight excluding hydrogens is 622 g/mol. The van der Waals surface area contributed by atoms with E-state index in [0.717, 1.165) is 42.5 Å². The van der Waals surface area contributed by atoms with Crippen LogP contribution in [-0.4, -0.2) is 5.78 Å². The highest BCUT2D eigenvalue weighted by Gasteiger charge is 2.22. The smallest absolute Gasteiger partial charge is 0.188 e. The molecule has 0 aliphatic carbocycles. The quantitative estimate of drug-likeness (QED) is 0.127. The average molecular weight is 649 g/mol. The summed E-state index contributed by atoms with van der Waals surface area (Å²) in [6, 6.07) is 46.3. The highest BCUT2D eigenvalue weighted by Crippen LogP contribution is 2.32. The molecule has 0 aromatic heterocycles. The summed E-state index contributed by atoms with van der Waals surface area (Å²) in [5.74, 6) is -0.0866. The molecular formula is C36H27Br2NO. The van der Waals surface area contributed by atoms with Crippen molar-refractivity contribution in [2.24, 2.45) is 0 Å². The third kappa shape index (κ3) is 6.95. The maximum Gasteiger partial charge on any atom is 0.188 e. The second-order valence-electron chi connectivity index (χ2n) is 9.27. The Morgan fingerprint density at radius 2 is 1.02 bits per heavy atom. The monoisotopic (exact) mass is 647 g/mol. The van der Waals surface area contributed by atoms with Gasteiger partial charge in [0.2, 0.25) is 0 Å². The van der Waals surface area contributed by atoms with Crippen LogP contribution in [0, 0.1) is 0 Å². The van der Waals surface area contributed by atoms with E-state index in [1.165, 1.54) is 0 Å². The Hall–Kier alpha value is -3.99. The van der Waals surface area contributed by atoms with Crippen molar-refractivity contribution in [1.82, 2.24) is 5.32 Å². The number of nitrogens with one attached hydrogen (secondary N) is 1. The van der Waals surface area contributed by atoms with Gasteiger partial charge >= 0.3 is 0 Å². The van der Waals surface area contributed by atoms with Gasteiger partial charge in [0.15, 0.2) is 5.78 Å². The molecule has 5 aromatic rings. The molecule has 196 valence electrons. The van der Waals surface area contributed by atoms with E-state index in [-0.39, 0.29) is 11.8 Å². The standard InChI is InChI=1S/C36H27Br2NO/c37-31-21-17-27(18-22-31)34(33(40)25-16-26-10-4-1-5-11-26)36(30-19-23-32(38)24-20-30)39-35(28-12-6-2-7-13-28)29-14-8-3-9-15-29/h1-25,35,39H/b25-16+,36-34-. The molecule has 5 aromatic carbocycles. The lowest BCUT2D eigenvalue weighted by Gasteiger charge is -2.25. The lowest BCUT2D eigenvalue weighted by molar-refractivity contribution is -0.109. The van der Waals surface area contributed by atoms with E-state index in [0.29, 0.717) is 5.57 Å². The molecule has 0 radical (unpaired) electrons. The van der Waals surface area contributed by atoms with Gasteiger partial charge in [0.1, 0.15) is 0 Å². The summed E-state index contributed by atoms with van der Waals surface area (Å²) >= 11 is 7.12. The molecule has 4 heteroatoms. The van der Waals surface area contributed by atoms with Gasteiger partial charge in [0.05, 0.1) is 17.3 Å². The minimum atomic E-state index is -0.183. The van der Waals surface area contributed by atoms with Gasteiger partial charge < -0.3 is 5.32 Å². The number of ketones is 1. The van der Waals surface area contributed by atoms with Crippen LogP contribution in [0.25, 0.3) is 17.3 Å². The maximum absolute atomic E-state index is 14.1. The number of hydrogen-bond acceptors (Lipinski definition) is 2. The van der Waals surface area contributed by atoms with Crippen LogP contribution in [0.15, 0.2) is 155 Å². The highest BCUT2D eigenvalue weighted by atomic mass is 79.9. The van der Waals surface area contributed by atoms with Crippen LogP contribution in [-0.2, 0) is 4.79 Å². The van der Waals surface area contributed by atoms with Crippen LogP contribution in [0.2, 0.25) is 0 Å². The second kappa shape index (κ2) is 13.4. The number of benzene rings is 5. The number of allylic oxidation sites excluding steroid dienone is 2. The summed E-state index contributed by atoms with van der Waals surface area (Å²) < 4.78 is 1.92. The van der Waals surface area contributed by atoms with Crippen LogP contribution < -0.4 is 5.32 Å². The molecule has 0 heterocycles. The Balaban J connectivity index is 1.72. The topological polar surface area (TPSA) is 29.1 Å². The Bertz CT molecular complexity index is 1570. The molecule has 0 aliphatic heterocycles. The van der Waals surface area contributed by atoms with E-state index >= 15 is 0 Å². The molecule has 0 amide bonds. The zero-order valence-corrected chi connectivity index (χ0v) is 24.8. The van der Waals surface area contributed by atoms with E-state index in [1.807, 2.05) is 121 Å². The van der Waals surface area contributed by atoms with Crippen LogP contribution >= 0.6 is 31.9 Å². The van der Waals surface area contributed by atoms with E-state index in [1.54, 1.807) is 6.08 Å². The predicted octanol–water partition coefficient (Wildman–Crippen LogP) is 9.74. The van der Waals surface area contributed by atoms with Gasteiger partial charge in [0.25, 0.3) is 0 Å². The Morgan fingerprint density at radius 1 is 0.575 bits per heavy atom. The molecule has 40 heavy (non-hydrogen) atoms. The molecule has 0 saturated heterocycles. The van der Waals surface area contributed by atoms with Crippen LogP contribution in [0.5, 0.6) is 0 Å². The summed E-state index contributed by atoms with van der Waals surface area (Å²) in [4.78, 5) is 14.1. The van der Waals surface area contributed by atoms with Gasteiger partial charge in [0, 0.05) is 8.95 Å². The van der Waals surface area contributed by atoms with Gasteiger partial charge in [-0.25, -0.2) is 0 Å². The van der Waals surface area contributed by atoms with E-state index in [9.17, 15) is 4.79 Å². The number of rotatable bonds is 9. The minimum absolute atomic E-state index is 0.0866. The molecule has 0 fully saturated rings. The fraction of sp³-hybridized carbons (Fsp3) is 0.0278. The van der Waals surface area contributed by atoms with Crippen LogP contribution in [0.1, 0.15) is 33.9 Å². The third-order valence-electron chi connectivity index (χ3n) is 6.54. The van der Waals surface area contributed by atoms with Gasteiger partial charge in [-0.05, 0) is 58.2 Å². The lowest BCUT2D eigenvalue weighted by Crippen LogP contribution is -2.23. The van der Waals surface area contributed by atoms with Gasteiger partial charge in [-0.3, -0.25) is 4.79 Å². The van der Waals surface area contributed by atoms with Crippen molar-refractivity contribution < 1.29 is 4.79 Å². The fourth-order valence-corrected chi connectivity index (χ4v) is 5.09. The summed E-state index contributed by atoms with van der Waals surface area (Å²) in [7, 11) is 0. The van der Waals surface area contributed by atoms with E-state index in [2.05, 4.69) is 61.4 Å². The predicted molar refractivity (Wildman–Crippen MR) is 173 cm³/mol. The molecule has 0 unspecified atom stereocenters. The first-order valence-corrected chi connectivity index (χ1v) is 14.6. The van der Waals surface area contributed by atoms with Gasteiger partial charge in [-0.15, -0.1) is 0 Å². The van der Waals surface area contributed by atoms with Crippen LogP contribution in [0.3, 0.4) is 0 Å². The van der Waals surface area contributed by atoms with Crippen molar-refractivity contribution in [3.63, 3.8) is 0 Å². The summed E-state index contributed by atoms with van der Waals surface area (Å²) in [5, 5.41) is 3.81. The zero-order chi connectivity index (χ0) is 27.7. The molecule has 2 nitrogen and oxygen atoms in total. The van der Waals surface area contributed by atoms with E-state index < -0.39 is 0 Å². The molecule has 1 N–H and O–H groups in total. The number of carbonyl (C=O) groups is 1. The Kier molecular flexibility index (Phi) is 9.22. The SMILES string of the molecule is O=C(/C=C/c1ccccc1)/C(=C(\NC(c1ccccc1)c1ccccc1)c1ccc(Br)cc1)c1ccc(Br)cc1. The first-order chi connectivity index (χ1) is 19.6. The molecule has 5 rings (SSSR count). The van der Waals surface area contributed by atoms with Crippen molar-refractivity contribution in [1.29, 1.82) is 0 Å². The van der Waals surface area contributed by atoms with Crippen LogP contribution in [0.4, 0.5) is 0 Å². The Labute approximate surface area is 252 Å². The molecule has 0 saturated carbocycles. The fourth-order valence-electron chi connectivity index (χ4n) is 4.56. The summed E-state index contributed by atoms with van der Waals surface area (Å²) in [6.07, 6.45) is 3.53. The Morgan fingerprint density at radius 3 is 1.52 bits per heavy atom. The van der Waals surface area contributed by atoms with Crippen molar-refractivity contribution in [2.45, 2.75) is 6.04 Å². The van der Waals surface area contributed by atoms with Crippen molar-refractivity contribution in [3.05, 3.63) is 182 Å². The number of hydrogen-bond donors (Lipinski definition) is 1. The minimum Gasteiger partial charge on any atom is -0.373 e. The van der Waals surface area contributed by atoms with Crippen molar-refractivity contribution in [3.8, 4) is 0 Å². The maximum atomic E-state index is 14.1. The zero-order valence-electron chi connectivity index (χ0n) is 21.7. The van der Waals surface area contributed by atoms with Crippen molar-refractivity contribution in [2.75, 3.05) is 0 Å². The molecule has 0 atom stereocenters. The molecule has 0 aliphatic rings. The first-order valence-electron chi connectivity index (χ1n) is 13.0. The van der Waals surface area contributed by atoms with Gasteiger partial charge in [-0.1, -0.05) is 153 Å².